The number of H-pyrrole nitrogens is 1. The Bertz CT molecular complexity index is 1190. The number of anilines is 1. The summed E-state index contributed by atoms with van der Waals surface area (Å²) in [5.41, 5.74) is 1.90. The van der Waals surface area contributed by atoms with Gasteiger partial charge in [-0.15, -0.1) is 0 Å². The fourth-order valence-corrected chi connectivity index (χ4v) is 6.00. The number of sulfonamides is 1. The van der Waals surface area contributed by atoms with Crippen molar-refractivity contribution in [3.8, 4) is 5.75 Å². The minimum Gasteiger partial charge on any atom is -0.495 e. The first-order valence-electron chi connectivity index (χ1n) is 10.5. The summed E-state index contributed by atoms with van der Waals surface area (Å²) < 4.78 is 33.1. The van der Waals surface area contributed by atoms with Gasteiger partial charge in [0.1, 0.15) is 17.0 Å². The Hall–Kier alpha value is -2.89. The fourth-order valence-electron chi connectivity index (χ4n) is 3.57. The highest BCUT2D eigenvalue weighted by Gasteiger charge is 2.29. The maximum atomic E-state index is 13.2. The summed E-state index contributed by atoms with van der Waals surface area (Å²) in [6, 6.07) is 11.9. The molecule has 1 amide bonds. The zero-order valence-electron chi connectivity index (χ0n) is 18.2. The Morgan fingerprint density at radius 3 is 2.58 bits per heavy atom. The lowest BCUT2D eigenvalue weighted by Crippen LogP contribution is -2.35. The predicted octanol–water partition coefficient (Wildman–Crippen LogP) is 3.53. The van der Waals surface area contributed by atoms with E-state index in [1.165, 1.54) is 35.6 Å². The Kier molecular flexibility index (Phi) is 7.31. The molecule has 2 heterocycles. The van der Waals surface area contributed by atoms with Gasteiger partial charge in [0.15, 0.2) is 5.16 Å². The number of ether oxygens (including phenoxy) is 1. The number of benzene rings is 2. The summed E-state index contributed by atoms with van der Waals surface area (Å²) in [6.45, 7) is 0.978. The van der Waals surface area contributed by atoms with E-state index >= 15 is 0 Å². The van der Waals surface area contributed by atoms with Gasteiger partial charge >= 0.3 is 0 Å². The standard InChI is InChI=1S/C22H25N5O4S2/c1-31-19-10-9-18(13-20(19)33(29,30)27-11-3-2-4-12-27)25-21(28)17-7-5-16(6-8-17)14-32-22-23-15-24-26-22/h5-10,13,15H,2-4,11-12,14H2,1H3,(H,25,28)(H,23,24,26). The van der Waals surface area contributed by atoms with Crippen molar-refractivity contribution in [1.82, 2.24) is 19.5 Å². The van der Waals surface area contributed by atoms with Crippen LogP contribution in [0.3, 0.4) is 0 Å². The third kappa shape index (κ3) is 5.55. The number of aromatic amines is 1. The highest BCUT2D eigenvalue weighted by Crippen LogP contribution is 2.31. The molecule has 0 saturated carbocycles. The number of piperidine rings is 1. The van der Waals surface area contributed by atoms with Crippen LogP contribution in [0.5, 0.6) is 5.75 Å². The van der Waals surface area contributed by atoms with E-state index in [0.717, 1.165) is 30.0 Å². The van der Waals surface area contributed by atoms with Gasteiger partial charge in [-0.2, -0.15) is 9.40 Å². The molecule has 3 aromatic rings. The summed E-state index contributed by atoms with van der Waals surface area (Å²) in [7, 11) is -2.28. The Morgan fingerprint density at radius 1 is 1.15 bits per heavy atom. The topological polar surface area (TPSA) is 117 Å². The largest absolute Gasteiger partial charge is 0.495 e. The maximum absolute atomic E-state index is 13.2. The van der Waals surface area contributed by atoms with Gasteiger partial charge in [0.25, 0.3) is 5.91 Å². The number of methoxy groups -OCH3 is 1. The molecule has 0 radical (unpaired) electrons. The number of carbonyl (C=O) groups excluding carboxylic acids is 1. The smallest absolute Gasteiger partial charge is 0.255 e. The Balaban J connectivity index is 1.47. The van der Waals surface area contributed by atoms with Crippen molar-refractivity contribution in [3.63, 3.8) is 0 Å². The lowest BCUT2D eigenvalue weighted by molar-refractivity contribution is 0.102. The zero-order valence-corrected chi connectivity index (χ0v) is 19.8. The molecule has 2 N–H and O–H groups in total. The van der Waals surface area contributed by atoms with E-state index in [1.807, 2.05) is 12.1 Å². The number of carbonyl (C=O) groups is 1. The van der Waals surface area contributed by atoms with E-state index in [9.17, 15) is 13.2 Å². The minimum atomic E-state index is -3.72. The molecule has 0 aliphatic carbocycles. The first-order valence-corrected chi connectivity index (χ1v) is 13.0. The Morgan fingerprint density at radius 2 is 1.91 bits per heavy atom. The summed E-state index contributed by atoms with van der Waals surface area (Å²) in [6.07, 6.45) is 4.16. The maximum Gasteiger partial charge on any atom is 0.255 e. The summed E-state index contributed by atoms with van der Waals surface area (Å²) in [4.78, 5) is 16.9. The van der Waals surface area contributed by atoms with E-state index in [2.05, 4.69) is 20.5 Å². The molecule has 1 aliphatic heterocycles. The molecule has 0 bridgehead atoms. The van der Waals surface area contributed by atoms with Crippen LogP contribution in [0.2, 0.25) is 0 Å². The minimum absolute atomic E-state index is 0.0597. The van der Waals surface area contributed by atoms with Gasteiger partial charge < -0.3 is 10.1 Å². The number of nitrogens with one attached hydrogen (secondary N) is 2. The van der Waals surface area contributed by atoms with Gasteiger partial charge in [-0.25, -0.2) is 13.4 Å². The molecule has 9 nitrogen and oxygen atoms in total. The molecule has 1 aromatic heterocycles. The lowest BCUT2D eigenvalue weighted by atomic mass is 10.1. The molecule has 0 unspecified atom stereocenters. The van der Waals surface area contributed by atoms with Gasteiger partial charge in [-0.05, 0) is 48.7 Å². The van der Waals surface area contributed by atoms with Crippen LogP contribution in [0.1, 0.15) is 35.2 Å². The van der Waals surface area contributed by atoms with E-state index in [1.54, 1.807) is 24.3 Å². The molecule has 1 fully saturated rings. The van der Waals surface area contributed by atoms with Crippen LogP contribution < -0.4 is 10.1 Å². The molecule has 1 aliphatic rings. The normalized spacial score (nSPS) is 14.7. The van der Waals surface area contributed by atoms with Crippen molar-refractivity contribution in [2.75, 3.05) is 25.5 Å². The first-order chi connectivity index (χ1) is 16.0. The summed E-state index contributed by atoms with van der Waals surface area (Å²) in [5.74, 6) is 0.621. The molecular weight excluding hydrogens is 462 g/mol. The number of rotatable bonds is 8. The zero-order chi connectivity index (χ0) is 23.3. The fraction of sp³-hybridized carbons (Fsp3) is 0.318. The van der Waals surface area contributed by atoms with Crippen molar-refractivity contribution in [3.05, 3.63) is 59.9 Å². The second kappa shape index (κ2) is 10.4. The SMILES string of the molecule is COc1ccc(NC(=O)c2ccc(CSc3ncn[nH]3)cc2)cc1S(=O)(=O)N1CCCCC1. The van der Waals surface area contributed by atoms with Crippen LogP contribution in [-0.2, 0) is 15.8 Å². The molecule has 4 rings (SSSR count). The molecule has 0 spiro atoms. The Labute approximate surface area is 197 Å². The third-order valence-electron chi connectivity index (χ3n) is 5.34. The van der Waals surface area contributed by atoms with Gasteiger partial charge in [0.2, 0.25) is 10.0 Å². The van der Waals surface area contributed by atoms with Gasteiger partial charge in [-0.1, -0.05) is 30.3 Å². The monoisotopic (exact) mass is 487 g/mol. The van der Waals surface area contributed by atoms with E-state index < -0.39 is 10.0 Å². The number of aromatic nitrogens is 3. The molecule has 174 valence electrons. The summed E-state index contributed by atoms with van der Waals surface area (Å²) in [5, 5.41) is 10.1. The number of thioether (sulfide) groups is 1. The molecule has 33 heavy (non-hydrogen) atoms. The van der Waals surface area contributed by atoms with Crippen LogP contribution in [0.25, 0.3) is 0 Å². The van der Waals surface area contributed by atoms with Crippen LogP contribution in [-0.4, -0.2) is 54.0 Å². The second-order valence-electron chi connectivity index (χ2n) is 7.56. The van der Waals surface area contributed by atoms with Crippen LogP contribution in [0, 0.1) is 0 Å². The quantitative estimate of drug-likeness (QED) is 0.467. The van der Waals surface area contributed by atoms with Crippen molar-refractivity contribution in [2.24, 2.45) is 0 Å². The van der Waals surface area contributed by atoms with E-state index in [-0.39, 0.29) is 16.6 Å². The van der Waals surface area contributed by atoms with Crippen molar-refractivity contribution < 1.29 is 17.9 Å². The van der Waals surface area contributed by atoms with Crippen LogP contribution >= 0.6 is 11.8 Å². The number of hydrogen-bond acceptors (Lipinski definition) is 7. The summed E-state index contributed by atoms with van der Waals surface area (Å²) >= 11 is 1.51. The number of nitrogens with zero attached hydrogens (tertiary/aromatic N) is 3. The number of amides is 1. The van der Waals surface area contributed by atoms with Gasteiger partial charge in [-0.3, -0.25) is 9.89 Å². The third-order valence-corrected chi connectivity index (χ3v) is 8.21. The second-order valence-corrected chi connectivity index (χ2v) is 10.4. The van der Waals surface area contributed by atoms with E-state index in [4.69, 9.17) is 4.74 Å². The van der Waals surface area contributed by atoms with Crippen LogP contribution in [0.4, 0.5) is 5.69 Å². The number of hydrogen-bond donors (Lipinski definition) is 2. The van der Waals surface area contributed by atoms with E-state index in [0.29, 0.717) is 30.1 Å². The molecule has 11 heteroatoms. The first kappa shape index (κ1) is 23.3. The lowest BCUT2D eigenvalue weighted by Gasteiger charge is -2.26. The van der Waals surface area contributed by atoms with Crippen molar-refractivity contribution >= 4 is 33.4 Å². The van der Waals surface area contributed by atoms with Crippen LogP contribution in [0.15, 0.2) is 58.8 Å². The molecule has 1 saturated heterocycles. The highest BCUT2D eigenvalue weighted by atomic mass is 32.2. The van der Waals surface area contributed by atoms with Gasteiger partial charge in [0, 0.05) is 30.1 Å². The average molecular weight is 488 g/mol. The van der Waals surface area contributed by atoms with Gasteiger partial charge in [0.05, 0.1) is 7.11 Å². The van der Waals surface area contributed by atoms with Crippen molar-refractivity contribution in [1.29, 1.82) is 0 Å². The molecular formula is C22H25N5O4S2. The predicted molar refractivity (Wildman–Crippen MR) is 126 cm³/mol. The molecule has 0 atom stereocenters. The average Bonchev–Trinajstić information content (AvgIpc) is 3.37. The highest BCUT2D eigenvalue weighted by molar-refractivity contribution is 7.98. The molecule has 2 aromatic carbocycles. The van der Waals surface area contributed by atoms with Crippen molar-refractivity contribution in [2.45, 2.75) is 35.1 Å².